The number of benzene rings is 1. The summed E-state index contributed by atoms with van der Waals surface area (Å²) in [7, 11) is 0. The van der Waals surface area contributed by atoms with Gasteiger partial charge in [0.1, 0.15) is 16.6 Å². The molecule has 1 aliphatic carbocycles. The summed E-state index contributed by atoms with van der Waals surface area (Å²) in [5.41, 5.74) is 1.11. The van der Waals surface area contributed by atoms with Gasteiger partial charge in [-0.3, -0.25) is 0 Å². The van der Waals surface area contributed by atoms with Crippen LogP contribution in [0.5, 0.6) is 5.75 Å². The zero-order valence-electron chi connectivity index (χ0n) is 17.1. The van der Waals surface area contributed by atoms with Crippen molar-refractivity contribution in [1.29, 1.82) is 0 Å². The molecule has 10 heteroatoms. The van der Waals surface area contributed by atoms with E-state index in [1.165, 1.54) is 0 Å². The Kier molecular flexibility index (Phi) is 8.96. The molecule has 2 aromatic heterocycles. The largest absolute Gasteiger partial charge is 0.503 e. The number of anilines is 2. The molecule has 0 amide bonds. The lowest BCUT2D eigenvalue weighted by molar-refractivity contribution is 0.131. The number of halogens is 2. The summed E-state index contributed by atoms with van der Waals surface area (Å²) in [6.45, 7) is 0. The van der Waals surface area contributed by atoms with Crippen LogP contribution < -0.4 is 10.1 Å². The highest BCUT2D eigenvalue weighted by molar-refractivity contribution is 7.13. The lowest BCUT2D eigenvalue weighted by Crippen LogP contribution is -2.25. The Morgan fingerprint density at radius 3 is 2.53 bits per heavy atom. The fourth-order valence-corrected chi connectivity index (χ4v) is 4.43. The van der Waals surface area contributed by atoms with E-state index in [9.17, 15) is 0 Å². The Bertz CT molecular complexity index is 1010. The highest BCUT2D eigenvalue weighted by Gasteiger charge is 2.24. The van der Waals surface area contributed by atoms with Crippen molar-refractivity contribution in [3.63, 3.8) is 0 Å². The smallest absolute Gasteiger partial charge is 0.489 e. The van der Waals surface area contributed by atoms with E-state index >= 15 is 0 Å². The quantitative estimate of drug-likeness (QED) is 0.338. The Labute approximate surface area is 200 Å². The van der Waals surface area contributed by atoms with Crippen LogP contribution in [0.2, 0.25) is 10.0 Å². The van der Waals surface area contributed by atoms with E-state index in [2.05, 4.69) is 16.4 Å². The van der Waals surface area contributed by atoms with Gasteiger partial charge in [0, 0.05) is 17.3 Å². The first-order chi connectivity index (χ1) is 15.4. The van der Waals surface area contributed by atoms with E-state index < -0.39 is 6.16 Å². The number of carbonyl (C=O) groups is 1. The van der Waals surface area contributed by atoms with Crippen molar-refractivity contribution in [2.75, 3.05) is 5.32 Å². The second kappa shape index (κ2) is 11.9. The number of carboxylic acid groups (broad SMARTS) is 2. The average molecular weight is 496 g/mol. The average Bonchev–Trinajstić information content (AvgIpc) is 3.26. The maximum atomic E-state index is 8.56. The summed E-state index contributed by atoms with van der Waals surface area (Å²) in [4.78, 5) is 17.5. The molecule has 2 heterocycles. The van der Waals surface area contributed by atoms with Gasteiger partial charge in [0.2, 0.25) is 0 Å². The third-order valence-corrected chi connectivity index (χ3v) is 6.47. The summed E-state index contributed by atoms with van der Waals surface area (Å²) in [6, 6.07) is 11.6. The third-order valence-electron chi connectivity index (χ3n) is 4.98. The number of ether oxygens (including phenoxy) is 1. The standard InChI is InChI=1S/C21H21Cl2N3OS.CH2O3/c22-17-4-2-5-18(20(17)23)27-16-9-7-14(8-10-16)13-15-3-1-6-19(25-15)26-21-24-11-12-28-21;2-1(3)4/h1-6,11-12,14,16H,7-10,13H2,(H,24,25,26);(H2,2,3,4)/t14-,16-;. The van der Waals surface area contributed by atoms with Crippen molar-refractivity contribution in [2.45, 2.75) is 38.2 Å². The summed E-state index contributed by atoms with van der Waals surface area (Å²) in [5.74, 6) is 2.15. The fourth-order valence-electron chi connectivity index (χ4n) is 3.56. The summed E-state index contributed by atoms with van der Waals surface area (Å²) >= 11 is 13.9. The van der Waals surface area contributed by atoms with E-state index in [4.69, 9.17) is 47.9 Å². The fraction of sp³-hybridized carbons (Fsp3) is 0.318. The van der Waals surface area contributed by atoms with Crippen molar-refractivity contribution in [1.82, 2.24) is 9.97 Å². The molecule has 32 heavy (non-hydrogen) atoms. The minimum Gasteiger partial charge on any atom is -0.489 e. The van der Waals surface area contributed by atoms with Crippen LogP contribution in [-0.4, -0.2) is 32.4 Å². The maximum Gasteiger partial charge on any atom is 0.503 e. The van der Waals surface area contributed by atoms with Crippen LogP contribution in [0.4, 0.5) is 15.7 Å². The van der Waals surface area contributed by atoms with E-state index in [0.29, 0.717) is 21.7 Å². The lowest BCUT2D eigenvalue weighted by atomic mass is 9.84. The Morgan fingerprint density at radius 2 is 1.84 bits per heavy atom. The molecule has 0 unspecified atom stereocenters. The SMILES string of the molecule is Clc1cccc(O[C@H]2CC[C@H](Cc3cccc(Nc4nccs4)n3)CC2)c1Cl.O=C(O)O. The third kappa shape index (κ3) is 7.55. The van der Waals surface area contributed by atoms with Crippen molar-refractivity contribution < 1.29 is 19.7 Å². The topological polar surface area (TPSA) is 105 Å². The number of hydrogen-bond donors (Lipinski definition) is 3. The number of rotatable bonds is 6. The second-order valence-corrected chi connectivity index (χ2v) is 8.96. The molecule has 170 valence electrons. The molecular formula is C22H23Cl2N3O4S. The zero-order valence-corrected chi connectivity index (χ0v) is 19.4. The van der Waals surface area contributed by atoms with E-state index in [1.54, 1.807) is 23.6 Å². The zero-order chi connectivity index (χ0) is 22.9. The predicted octanol–water partition coefficient (Wildman–Crippen LogP) is 6.99. The molecule has 1 aromatic carbocycles. The Balaban J connectivity index is 0.000000668. The molecule has 0 atom stereocenters. The number of nitrogens with zero attached hydrogens (tertiary/aromatic N) is 2. The summed E-state index contributed by atoms with van der Waals surface area (Å²) in [5, 5.41) is 21.0. The van der Waals surface area contributed by atoms with Crippen molar-refractivity contribution in [2.24, 2.45) is 5.92 Å². The normalized spacial score (nSPS) is 17.7. The number of aromatic nitrogens is 2. The molecule has 7 nitrogen and oxygen atoms in total. The summed E-state index contributed by atoms with van der Waals surface area (Å²) in [6.07, 6.45) is 5.41. The van der Waals surface area contributed by atoms with Gasteiger partial charge in [0.05, 0.1) is 11.1 Å². The number of hydrogen-bond acceptors (Lipinski definition) is 6. The molecule has 0 saturated heterocycles. The first kappa shape index (κ1) is 24.1. The molecule has 1 saturated carbocycles. The van der Waals surface area contributed by atoms with Gasteiger partial charge < -0.3 is 20.3 Å². The van der Waals surface area contributed by atoms with Gasteiger partial charge in [-0.25, -0.2) is 14.8 Å². The first-order valence-electron chi connectivity index (χ1n) is 10.1. The van der Waals surface area contributed by atoms with Crippen molar-refractivity contribution in [3.05, 3.63) is 63.7 Å². The second-order valence-electron chi connectivity index (χ2n) is 7.28. The summed E-state index contributed by atoms with van der Waals surface area (Å²) < 4.78 is 6.10. The molecule has 3 N–H and O–H groups in total. The molecule has 1 fully saturated rings. The molecule has 0 radical (unpaired) electrons. The minimum absolute atomic E-state index is 0.193. The molecule has 1 aliphatic rings. The molecule has 3 aromatic rings. The minimum atomic E-state index is -1.83. The number of pyridine rings is 1. The Morgan fingerprint density at radius 1 is 1.12 bits per heavy atom. The van der Waals surface area contributed by atoms with Crippen molar-refractivity contribution >= 4 is 51.6 Å². The molecule has 0 aliphatic heterocycles. The van der Waals surface area contributed by atoms with Gasteiger partial charge in [0.25, 0.3) is 0 Å². The Hall–Kier alpha value is -2.55. The van der Waals surface area contributed by atoms with Crippen LogP contribution >= 0.6 is 34.5 Å². The van der Waals surface area contributed by atoms with Gasteiger partial charge in [0.15, 0.2) is 5.13 Å². The van der Waals surface area contributed by atoms with Crippen LogP contribution in [0, 0.1) is 5.92 Å². The highest BCUT2D eigenvalue weighted by Crippen LogP contribution is 2.35. The van der Waals surface area contributed by atoms with Crippen LogP contribution in [0.25, 0.3) is 0 Å². The molecular weight excluding hydrogens is 473 g/mol. The van der Waals surface area contributed by atoms with Gasteiger partial charge in [-0.2, -0.15) is 0 Å². The van der Waals surface area contributed by atoms with Gasteiger partial charge >= 0.3 is 6.16 Å². The number of thiazole rings is 1. The van der Waals surface area contributed by atoms with E-state index in [0.717, 1.165) is 48.7 Å². The van der Waals surface area contributed by atoms with Gasteiger partial charge in [-0.15, -0.1) is 11.3 Å². The van der Waals surface area contributed by atoms with E-state index in [-0.39, 0.29) is 6.10 Å². The number of nitrogens with one attached hydrogen (secondary N) is 1. The van der Waals surface area contributed by atoms with Gasteiger partial charge in [-0.1, -0.05) is 35.3 Å². The van der Waals surface area contributed by atoms with Crippen LogP contribution in [-0.2, 0) is 6.42 Å². The molecule has 0 spiro atoms. The molecule has 0 bridgehead atoms. The lowest BCUT2D eigenvalue weighted by Gasteiger charge is -2.29. The maximum absolute atomic E-state index is 8.56. The van der Waals surface area contributed by atoms with Crippen LogP contribution in [0.1, 0.15) is 31.4 Å². The predicted molar refractivity (Wildman–Crippen MR) is 127 cm³/mol. The highest BCUT2D eigenvalue weighted by atomic mass is 35.5. The monoisotopic (exact) mass is 495 g/mol. The first-order valence-corrected chi connectivity index (χ1v) is 11.7. The van der Waals surface area contributed by atoms with Crippen LogP contribution in [0.15, 0.2) is 48.0 Å². The van der Waals surface area contributed by atoms with E-state index in [1.807, 2.05) is 29.6 Å². The molecule has 4 rings (SSSR count). The van der Waals surface area contributed by atoms with Crippen LogP contribution in [0.3, 0.4) is 0 Å². The van der Waals surface area contributed by atoms with Gasteiger partial charge in [-0.05, 0) is 62.3 Å². The van der Waals surface area contributed by atoms with Crippen molar-refractivity contribution in [3.8, 4) is 5.75 Å².